The van der Waals surface area contributed by atoms with Crippen molar-refractivity contribution in [2.75, 3.05) is 24.0 Å². The molecule has 0 bridgehead atoms. The summed E-state index contributed by atoms with van der Waals surface area (Å²) >= 11 is 0. The highest BCUT2D eigenvalue weighted by Gasteiger charge is 2.27. The van der Waals surface area contributed by atoms with Gasteiger partial charge in [-0.3, -0.25) is 4.79 Å². The third-order valence-corrected chi connectivity index (χ3v) is 3.45. The van der Waals surface area contributed by atoms with Crippen molar-refractivity contribution in [3.8, 4) is 5.75 Å². The van der Waals surface area contributed by atoms with Crippen molar-refractivity contribution >= 4 is 17.2 Å². The molecule has 1 N–H and O–H groups in total. The molecule has 2 aromatic carbocycles. The average Bonchev–Trinajstić information content (AvgIpc) is 2.47. The van der Waals surface area contributed by atoms with Gasteiger partial charge in [-0.05, 0) is 30.7 Å². The number of aryl methyl sites for hydroxylation is 1. The molecule has 0 unspecified atom stereocenters. The fourth-order valence-electron chi connectivity index (χ4n) is 2.47. The van der Waals surface area contributed by atoms with Crippen molar-refractivity contribution in [2.24, 2.45) is 0 Å². The average molecular weight is 268 g/mol. The third-order valence-electron chi connectivity index (χ3n) is 3.45. The summed E-state index contributed by atoms with van der Waals surface area (Å²) in [6.07, 6.45) is 0. The third kappa shape index (κ3) is 1.99. The molecule has 4 heteroatoms. The predicted octanol–water partition coefficient (Wildman–Crippen LogP) is 3.03. The van der Waals surface area contributed by atoms with Crippen LogP contribution in [0.3, 0.4) is 0 Å². The lowest BCUT2D eigenvalue weighted by Crippen LogP contribution is -2.38. The number of para-hydroxylation sites is 2. The molecule has 102 valence electrons. The van der Waals surface area contributed by atoms with E-state index in [2.05, 4.69) is 5.32 Å². The van der Waals surface area contributed by atoms with Crippen molar-refractivity contribution in [1.29, 1.82) is 0 Å². The van der Waals surface area contributed by atoms with Crippen LogP contribution in [0.25, 0.3) is 0 Å². The maximum atomic E-state index is 12.3. The number of rotatable bonds is 2. The molecule has 0 atom stereocenters. The van der Waals surface area contributed by atoms with Gasteiger partial charge in [-0.1, -0.05) is 24.3 Å². The van der Waals surface area contributed by atoms with Gasteiger partial charge in [0.1, 0.15) is 6.54 Å². The molecule has 20 heavy (non-hydrogen) atoms. The van der Waals surface area contributed by atoms with E-state index in [1.807, 2.05) is 56.4 Å². The first-order valence-corrected chi connectivity index (χ1v) is 6.56. The van der Waals surface area contributed by atoms with Crippen molar-refractivity contribution in [1.82, 2.24) is 0 Å². The Morgan fingerprint density at radius 3 is 2.75 bits per heavy atom. The first-order chi connectivity index (χ1) is 9.70. The van der Waals surface area contributed by atoms with Crippen molar-refractivity contribution < 1.29 is 9.63 Å². The van der Waals surface area contributed by atoms with Gasteiger partial charge in [0.05, 0.1) is 16.9 Å². The maximum Gasteiger partial charge on any atom is 0.189 e. The summed E-state index contributed by atoms with van der Waals surface area (Å²) in [5.74, 6) is 0.697. The molecule has 3 rings (SSSR count). The number of fused-ring (bicyclic) bond motifs is 1. The highest BCUT2D eigenvalue weighted by atomic mass is 16.7. The number of ketones is 1. The fourth-order valence-corrected chi connectivity index (χ4v) is 2.47. The Balaban J connectivity index is 2.02. The molecule has 1 heterocycles. The molecular formula is C16H16N2O2. The minimum absolute atomic E-state index is 0.0789. The Morgan fingerprint density at radius 1 is 1.15 bits per heavy atom. The molecule has 4 nitrogen and oxygen atoms in total. The Kier molecular flexibility index (Phi) is 3.06. The van der Waals surface area contributed by atoms with Crippen LogP contribution >= 0.6 is 0 Å². The lowest BCUT2D eigenvalue weighted by Gasteiger charge is -2.30. The van der Waals surface area contributed by atoms with Crippen LogP contribution in [0.5, 0.6) is 5.75 Å². The summed E-state index contributed by atoms with van der Waals surface area (Å²) < 4.78 is 0. The summed E-state index contributed by atoms with van der Waals surface area (Å²) in [4.78, 5) is 18.2. The predicted molar refractivity (Wildman–Crippen MR) is 79.5 cm³/mol. The molecular weight excluding hydrogens is 252 g/mol. The lowest BCUT2D eigenvalue weighted by atomic mass is 10.0. The van der Waals surface area contributed by atoms with E-state index in [-0.39, 0.29) is 12.3 Å². The highest BCUT2D eigenvalue weighted by molar-refractivity contribution is 6.04. The van der Waals surface area contributed by atoms with Crippen LogP contribution in [0.4, 0.5) is 11.4 Å². The highest BCUT2D eigenvalue weighted by Crippen LogP contribution is 2.33. The van der Waals surface area contributed by atoms with E-state index in [4.69, 9.17) is 4.84 Å². The second kappa shape index (κ2) is 4.89. The fraction of sp³-hybridized carbons (Fsp3) is 0.188. The van der Waals surface area contributed by atoms with Crippen molar-refractivity contribution in [3.63, 3.8) is 0 Å². The van der Waals surface area contributed by atoms with Crippen LogP contribution in [0.15, 0.2) is 42.5 Å². The van der Waals surface area contributed by atoms with Gasteiger partial charge < -0.3 is 10.2 Å². The van der Waals surface area contributed by atoms with Crippen LogP contribution in [0.2, 0.25) is 0 Å². The van der Waals surface area contributed by atoms with Crippen molar-refractivity contribution in [3.05, 3.63) is 53.6 Å². The van der Waals surface area contributed by atoms with E-state index in [0.29, 0.717) is 11.3 Å². The zero-order chi connectivity index (χ0) is 14.1. The molecule has 0 amide bonds. The number of benzene rings is 2. The molecule has 1 aliphatic rings. The normalized spacial score (nSPS) is 13.7. The minimum atomic E-state index is 0.0789. The monoisotopic (exact) mass is 268 g/mol. The zero-order valence-electron chi connectivity index (χ0n) is 11.5. The zero-order valence-corrected chi connectivity index (χ0v) is 11.5. The van der Waals surface area contributed by atoms with Crippen molar-refractivity contribution in [2.45, 2.75) is 6.92 Å². The van der Waals surface area contributed by atoms with E-state index >= 15 is 0 Å². The summed E-state index contributed by atoms with van der Waals surface area (Å²) in [5.41, 5.74) is 3.42. The topological polar surface area (TPSA) is 41.6 Å². The van der Waals surface area contributed by atoms with E-state index < -0.39 is 0 Å². The molecule has 0 spiro atoms. The Morgan fingerprint density at radius 2 is 1.95 bits per heavy atom. The summed E-state index contributed by atoms with van der Waals surface area (Å²) in [7, 11) is 1.85. The number of carbonyl (C=O) groups excluding carboxylic acids is 1. The second-order valence-corrected chi connectivity index (χ2v) is 4.77. The lowest BCUT2D eigenvalue weighted by molar-refractivity contribution is 0.0941. The molecule has 0 saturated heterocycles. The molecule has 1 aliphatic heterocycles. The van der Waals surface area contributed by atoms with Crippen LogP contribution in [0, 0.1) is 6.92 Å². The number of nitrogens with one attached hydrogen (secondary N) is 1. The number of nitrogens with zero attached hydrogens (tertiary/aromatic N) is 1. The van der Waals surface area contributed by atoms with E-state index in [1.54, 1.807) is 5.06 Å². The Hall–Kier alpha value is -2.49. The van der Waals surface area contributed by atoms with Crippen LogP contribution in [0.1, 0.15) is 15.9 Å². The first kappa shape index (κ1) is 12.5. The summed E-state index contributed by atoms with van der Waals surface area (Å²) in [6.45, 7) is 2.15. The van der Waals surface area contributed by atoms with E-state index in [9.17, 15) is 4.79 Å². The smallest absolute Gasteiger partial charge is 0.189 e. The molecule has 2 aromatic rings. The minimum Gasteiger partial charge on any atom is -0.386 e. The van der Waals surface area contributed by atoms with Gasteiger partial charge in [-0.25, -0.2) is 5.06 Å². The van der Waals surface area contributed by atoms with Gasteiger partial charge in [0, 0.05) is 7.05 Å². The van der Waals surface area contributed by atoms with Gasteiger partial charge in [0.25, 0.3) is 0 Å². The van der Waals surface area contributed by atoms with Gasteiger partial charge >= 0.3 is 0 Å². The first-order valence-electron chi connectivity index (χ1n) is 6.56. The molecule has 0 fully saturated rings. The maximum absolute atomic E-state index is 12.3. The molecule has 0 aliphatic carbocycles. The number of carbonyl (C=O) groups is 1. The molecule has 0 aromatic heterocycles. The van der Waals surface area contributed by atoms with Crippen LogP contribution in [-0.4, -0.2) is 19.4 Å². The standard InChI is InChI=1S/C16H16N2O2/c1-11-6-5-9-15-16(11)14(19)10-18(20-15)13-8-4-3-7-12(13)17-2/h3-9,17H,10H2,1-2H3. The van der Waals surface area contributed by atoms with Gasteiger partial charge in [0.2, 0.25) is 0 Å². The van der Waals surface area contributed by atoms with Crippen LogP contribution in [-0.2, 0) is 0 Å². The van der Waals surface area contributed by atoms with Gasteiger partial charge in [-0.2, -0.15) is 0 Å². The van der Waals surface area contributed by atoms with Gasteiger partial charge in [-0.15, -0.1) is 0 Å². The number of hydroxylamine groups is 1. The SMILES string of the molecule is CNc1ccccc1N1CC(=O)c2c(C)cccc2O1. The Labute approximate surface area is 117 Å². The van der Waals surface area contributed by atoms with E-state index in [1.165, 1.54) is 0 Å². The second-order valence-electron chi connectivity index (χ2n) is 4.77. The van der Waals surface area contributed by atoms with Gasteiger partial charge in [0.15, 0.2) is 11.5 Å². The Bertz CT molecular complexity index is 667. The summed E-state index contributed by atoms with van der Waals surface area (Å²) in [5, 5.41) is 4.74. The number of hydrogen-bond acceptors (Lipinski definition) is 4. The van der Waals surface area contributed by atoms with Crippen LogP contribution < -0.4 is 15.2 Å². The number of hydrogen-bond donors (Lipinski definition) is 1. The molecule has 0 radical (unpaired) electrons. The molecule has 0 saturated carbocycles. The quantitative estimate of drug-likeness (QED) is 0.909. The van der Waals surface area contributed by atoms with E-state index in [0.717, 1.165) is 16.9 Å². The number of Topliss-reactive ketones (excluding diaryl/α,β-unsaturated/α-hetero) is 1. The summed E-state index contributed by atoms with van der Waals surface area (Å²) in [6, 6.07) is 13.4. The number of anilines is 2. The largest absolute Gasteiger partial charge is 0.386 e.